The largest absolute Gasteiger partial charge is 0.196 e. The maximum absolute atomic E-state index is 12.9. The third-order valence-corrected chi connectivity index (χ3v) is 3.77. The molecule has 1 fully saturated rings. The molecule has 0 aromatic heterocycles. The molecular weight excluding hydrogens is 239 g/mol. The summed E-state index contributed by atoms with van der Waals surface area (Å²) < 4.78 is 12.9. The second-order valence-corrected chi connectivity index (χ2v) is 4.97. The number of rotatable bonds is 2. The van der Waals surface area contributed by atoms with Crippen LogP contribution in [0.15, 0.2) is 36.2 Å². The van der Waals surface area contributed by atoms with Gasteiger partial charge in [0.05, 0.1) is 11.6 Å². The summed E-state index contributed by atoms with van der Waals surface area (Å²) in [6, 6.07) is 11.3. The van der Waals surface area contributed by atoms with Gasteiger partial charge in [-0.2, -0.15) is 14.9 Å². The Morgan fingerprint density at radius 3 is 2.26 bits per heavy atom. The van der Waals surface area contributed by atoms with Gasteiger partial charge >= 0.3 is 0 Å². The molecular formula is C16H15FN2. The van der Waals surface area contributed by atoms with Gasteiger partial charge in [0.25, 0.3) is 0 Å². The van der Waals surface area contributed by atoms with Crippen LogP contribution < -0.4 is 0 Å². The van der Waals surface area contributed by atoms with E-state index in [1.807, 2.05) is 24.3 Å². The van der Waals surface area contributed by atoms with Crippen LogP contribution in [0.25, 0.3) is 0 Å². The zero-order valence-corrected chi connectivity index (χ0v) is 10.6. The van der Waals surface area contributed by atoms with Crippen LogP contribution in [-0.4, -0.2) is 0 Å². The standard InChI is InChI=1S/C16H15FN2/c17-16(11-19)9-12-1-5-14(6-2-12)15-7-3-13(10-18)4-8-15/h3-4,7-9,12,14H,1-2,5-6H2/b16-9-/t12-,14-. The van der Waals surface area contributed by atoms with Crippen molar-refractivity contribution < 1.29 is 4.39 Å². The second kappa shape index (κ2) is 6.16. The minimum Gasteiger partial charge on any atom is -0.195 e. The molecule has 2 rings (SSSR count). The quantitative estimate of drug-likeness (QED) is 0.742. The van der Waals surface area contributed by atoms with E-state index < -0.39 is 5.83 Å². The second-order valence-electron chi connectivity index (χ2n) is 4.97. The molecule has 0 heterocycles. The van der Waals surface area contributed by atoms with Crippen LogP contribution in [-0.2, 0) is 0 Å². The lowest BCUT2D eigenvalue weighted by Gasteiger charge is -2.26. The number of hydrogen-bond donors (Lipinski definition) is 0. The lowest BCUT2D eigenvalue weighted by Crippen LogP contribution is -2.12. The highest BCUT2D eigenvalue weighted by molar-refractivity contribution is 5.33. The fourth-order valence-corrected chi connectivity index (χ4v) is 2.69. The highest BCUT2D eigenvalue weighted by Gasteiger charge is 2.21. The van der Waals surface area contributed by atoms with Crippen molar-refractivity contribution in [3.8, 4) is 12.1 Å². The molecule has 3 heteroatoms. The van der Waals surface area contributed by atoms with Crippen molar-refractivity contribution in [3.05, 3.63) is 47.3 Å². The summed E-state index contributed by atoms with van der Waals surface area (Å²) in [4.78, 5) is 0. The van der Waals surface area contributed by atoms with Crippen LogP contribution in [0.5, 0.6) is 0 Å². The molecule has 0 bridgehead atoms. The molecule has 96 valence electrons. The lowest BCUT2D eigenvalue weighted by molar-refractivity contribution is 0.372. The number of hydrogen-bond acceptors (Lipinski definition) is 2. The zero-order valence-electron chi connectivity index (χ0n) is 10.6. The molecule has 0 amide bonds. The molecule has 1 saturated carbocycles. The average Bonchev–Trinajstić information content (AvgIpc) is 2.48. The highest BCUT2D eigenvalue weighted by Crippen LogP contribution is 2.36. The molecule has 0 unspecified atom stereocenters. The molecule has 0 atom stereocenters. The SMILES string of the molecule is N#C/C(F)=C/[C@H]1CC[C@H](c2ccc(C#N)cc2)CC1. The summed E-state index contributed by atoms with van der Waals surface area (Å²) >= 11 is 0. The summed E-state index contributed by atoms with van der Waals surface area (Å²) in [5.41, 5.74) is 1.93. The molecule has 19 heavy (non-hydrogen) atoms. The van der Waals surface area contributed by atoms with E-state index in [9.17, 15) is 4.39 Å². The molecule has 0 aliphatic heterocycles. The van der Waals surface area contributed by atoms with Gasteiger partial charge in [-0.3, -0.25) is 0 Å². The summed E-state index contributed by atoms with van der Waals surface area (Å²) in [5, 5.41) is 17.2. The van der Waals surface area contributed by atoms with Crippen molar-refractivity contribution in [2.75, 3.05) is 0 Å². The van der Waals surface area contributed by atoms with E-state index >= 15 is 0 Å². The fraction of sp³-hybridized carbons (Fsp3) is 0.375. The Hall–Kier alpha value is -2.13. The summed E-state index contributed by atoms with van der Waals surface area (Å²) in [7, 11) is 0. The monoisotopic (exact) mass is 254 g/mol. The maximum atomic E-state index is 12.9. The van der Waals surface area contributed by atoms with Gasteiger partial charge in [0, 0.05) is 0 Å². The number of nitriles is 2. The minimum absolute atomic E-state index is 0.189. The zero-order chi connectivity index (χ0) is 13.7. The third-order valence-electron chi connectivity index (χ3n) is 3.77. The molecule has 0 saturated heterocycles. The summed E-state index contributed by atoms with van der Waals surface area (Å²) in [5.74, 6) is 0.0126. The number of nitrogens with zero attached hydrogens (tertiary/aromatic N) is 2. The highest BCUT2D eigenvalue weighted by atomic mass is 19.1. The summed E-state index contributed by atoms with van der Waals surface area (Å²) in [6.07, 6.45) is 5.30. The molecule has 1 aliphatic carbocycles. The van der Waals surface area contributed by atoms with E-state index in [1.54, 1.807) is 0 Å². The van der Waals surface area contributed by atoms with Crippen molar-refractivity contribution >= 4 is 0 Å². The predicted octanol–water partition coefficient (Wildman–Crippen LogP) is 4.21. The normalized spacial score (nSPS) is 23.4. The first-order valence-corrected chi connectivity index (χ1v) is 6.50. The molecule has 2 nitrogen and oxygen atoms in total. The molecule has 0 spiro atoms. The van der Waals surface area contributed by atoms with Gasteiger partial charge in [-0.25, -0.2) is 0 Å². The van der Waals surface area contributed by atoms with Crippen LogP contribution in [0.3, 0.4) is 0 Å². The van der Waals surface area contributed by atoms with Crippen molar-refractivity contribution in [1.82, 2.24) is 0 Å². The van der Waals surface area contributed by atoms with E-state index in [0.717, 1.165) is 25.7 Å². The first-order chi connectivity index (χ1) is 9.22. The van der Waals surface area contributed by atoms with E-state index in [0.29, 0.717) is 11.5 Å². The van der Waals surface area contributed by atoms with Crippen LogP contribution >= 0.6 is 0 Å². The van der Waals surface area contributed by atoms with E-state index in [2.05, 4.69) is 6.07 Å². The number of benzene rings is 1. The number of allylic oxidation sites excluding steroid dienone is 2. The number of halogens is 1. The van der Waals surface area contributed by atoms with Gasteiger partial charge < -0.3 is 0 Å². The molecule has 1 aromatic rings. The fourth-order valence-electron chi connectivity index (χ4n) is 2.69. The van der Waals surface area contributed by atoms with Gasteiger partial charge in [0.2, 0.25) is 0 Å². The van der Waals surface area contributed by atoms with Gasteiger partial charge in [-0.05, 0) is 61.3 Å². The molecule has 0 N–H and O–H groups in total. The van der Waals surface area contributed by atoms with Crippen LogP contribution in [0.4, 0.5) is 4.39 Å². The van der Waals surface area contributed by atoms with Crippen molar-refractivity contribution in [2.45, 2.75) is 31.6 Å². The average molecular weight is 254 g/mol. The van der Waals surface area contributed by atoms with Crippen LogP contribution in [0, 0.1) is 28.6 Å². The van der Waals surface area contributed by atoms with Crippen LogP contribution in [0.2, 0.25) is 0 Å². The Labute approximate surface area is 112 Å². The molecule has 1 aliphatic rings. The minimum atomic E-state index is -0.665. The Morgan fingerprint density at radius 2 is 1.74 bits per heavy atom. The van der Waals surface area contributed by atoms with E-state index in [1.165, 1.54) is 17.7 Å². The first-order valence-electron chi connectivity index (χ1n) is 6.50. The Balaban J connectivity index is 1.96. The van der Waals surface area contributed by atoms with Crippen molar-refractivity contribution in [3.63, 3.8) is 0 Å². The Bertz CT molecular complexity index is 538. The Kier molecular flexibility index (Phi) is 4.31. The van der Waals surface area contributed by atoms with Gasteiger partial charge in [-0.1, -0.05) is 12.1 Å². The Morgan fingerprint density at radius 1 is 1.11 bits per heavy atom. The van der Waals surface area contributed by atoms with E-state index in [-0.39, 0.29) is 5.92 Å². The summed E-state index contributed by atoms with van der Waals surface area (Å²) in [6.45, 7) is 0. The smallest absolute Gasteiger partial charge is 0.195 e. The lowest BCUT2D eigenvalue weighted by atomic mass is 9.78. The molecule has 1 aromatic carbocycles. The van der Waals surface area contributed by atoms with Crippen molar-refractivity contribution in [2.24, 2.45) is 5.92 Å². The van der Waals surface area contributed by atoms with Crippen LogP contribution in [0.1, 0.15) is 42.7 Å². The van der Waals surface area contributed by atoms with Gasteiger partial charge in [-0.15, -0.1) is 0 Å². The van der Waals surface area contributed by atoms with Crippen molar-refractivity contribution in [1.29, 1.82) is 10.5 Å². The van der Waals surface area contributed by atoms with Gasteiger partial charge in [0.15, 0.2) is 5.83 Å². The third kappa shape index (κ3) is 3.42. The van der Waals surface area contributed by atoms with Gasteiger partial charge in [0.1, 0.15) is 6.07 Å². The van der Waals surface area contributed by atoms with E-state index in [4.69, 9.17) is 10.5 Å². The first kappa shape index (κ1) is 13.3. The molecule has 0 radical (unpaired) electrons. The topological polar surface area (TPSA) is 47.6 Å². The predicted molar refractivity (Wildman–Crippen MR) is 70.7 cm³/mol. The maximum Gasteiger partial charge on any atom is 0.196 e.